The third-order valence-corrected chi connectivity index (χ3v) is 4.15. The number of halogens is 1. The van der Waals surface area contributed by atoms with Crippen LogP contribution in [0.15, 0.2) is 12.4 Å². The second-order valence-electron chi connectivity index (χ2n) is 5.25. The summed E-state index contributed by atoms with van der Waals surface area (Å²) in [7, 11) is 0. The molecule has 15 heavy (non-hydrogen) atoms. The van der Waals surface area contributed by atoms with E-state index in [0.717, 1.165) is 5.82 Å². The third-order valence-electron chi connectivity index (χ3n) is 3.95. The van der Waals surface area contributed by atoms with Crippen LogP contribution in [0.5, 0.6) is 0 Å². The van der Waals surface area contributed by atoms with E-state index in [9.17, 15) is 0 Å². The topological polar surface area (TPSA) is 37.8 Å². The Kier molecular flexibility index (Phi) is 2.19. The average molecular weight is 226 g/mol. The summed E-state index contributed by atoms with van der Waals surface area (Å²) in [6.07, 6.45) is 1.48. The molecule has 82 valence electrons. The molecule has 0 atom stereocenters. The van der Waals surface area contributed by atoms with Gasteiger partial charge >= 0.3 is 0 Å². The van der Waals surface area contributed by atoms with E-state index in [1.54, 1.807) is 6.07 Å². The Hall–Kier alpha value is -0.830. The van der Waals surface area contributed by atoms with Crippen molar-refractivity contribution in [2.24, 2.45) is 10.8 Å². The summed E-state index contributed by atoms with van der Waals surface area (Å²) in [6.45, 7) is 9.03. The molecule has 1 aromatic rings. The molecule has 0 radical (unpaired) electrons. The van der Waals surface area contributed by atoms with E-state index in [1.165, 1.54) is 6.33 Å². The third kappa shape index (κ3) is 1.59. The van der Waals surface area contributed by atoms with E-state index in [-0.39, 0.29) is 0 Å². The molecule has 1 heterocycles. The highest BCUT2D eigenvalue weighted by molar-refractivity contribution is 6.29. The smallest absolute Gasteiger partial charge is 0.134 e. The number of anilines is 1. The fourth-order valence-corrected chi connectivity index (χ4v) is 2.26. The Bertz CT molecular complexity index is 373. The number of nitrogens with zero attached hydrogens (tertiary/aromatic N) is 2. The monoisotopic (exact) mass is 225 g/mol. The van der Waals surface area contributed by atoms with Gasteiger partial charge in [0.2, 0.25) is 0 Å². The summed E-state index contributed by atoms with van der Waals surface area (Å²) in [5.74, 6) is 0.804. The Morgan fingerprint density at radius 1 is 1.20 bits per heavy atom. The molecule has 0 aromatic carbocycles. The van der Waals surface area contributed by atoms with Crippen LogP contribution in [0.2, 0.25) is 5.15 Å². The molecule has 1 N–H and O–H groups in total. The highest BCUT2D eigenvalue weighted by Crippen LogP contribution is 2.63. The van der Waals surface area contributed by atoms with Crippen LogP contribution in [0, 0.1) is 10.8 Å². The second kappa shape index (κ2) is 3.08. The van der Waals surface area contributed by atoms with Crippen molar-refractivity contribution in [2.75, 3.05) is 5.32 Å². The molecule has 1 aliphatic carbocycles. The molecular weight excluding hydrogens is 210 g/mol. The molecule has 2 rings (SSSR count). The number of nitrogens with one attached hydrogen (secondary N) is 1. The van der Waals surface area contributed by atoms with Gasteiger partial charge in [0.1, 0.15) is 17.3 Å². The minimum Gasteiger partial charge on any atom is -0.366 e. The summed E-state index contributed by atoms with van der Waals surface area (Å²) in [5, 5.41) is 3.88. The number of rotatable bonds is 2. The summed E-state index contributed by atoms with van der Waals surface area (Å²) < 4.78 is 0. The van der Waals surface area contributed by atoms with Gasteiger partial charge < -0.3 is 5.32 Å². The summed E-state index contributed by atoms with van der Waals surface area (Å²) >= 11 is 5.80. The van der Waals surface area contributed by atoms with Gasteiger partial charge in [-0.25, -0.2) is 9.97 Å². The van der Waals surface area contributed by atoms with Gasteiger partial charge in [-0.2, -0.15) is 0 Å². The maximum Gasteiger partial charge on any atom is 0.134 e. The Balaban J connectivity index is 2.12. The lowest BCUT2D eigenvalue weighted by Crippen LogP contribution is -2.11. The van der Waals surface area contributed by atoms with Gasteiger partial charge in [-0.15, -0.1) is 0 Å². The zero-order valence-electron chi connectivity index (χ0n) is 9.50. The molecule has 3 nitrogen and oxygen atoms in total. The molecule has 0 bridgehead atoms. The van der Waals surface area contributed by atoms with Crippen LogP contribution in [-0.4, -0.2) is 16.0 Å². The van der Waals surface area contributed by atoms with Crippen molar-refractivity contribution < 1.29 is 0 Å². The lowest BCUT2D eigenvalue weighted by molar-refractivity contribution is 0.457. The number of hydrogen-bond donors (Lipinski definition) is 1. The van der Waals surface area contributed by atoms with Crippen molar-refractivity contribution >= 4 is 17.4 Å². The van der Waals surface area contributed by atoms with E-state index in [4.69, 9.17) is 11.6 Å². The lowest BCUT2D eigenvalue weighted by atomic mass is 10.0. The molecule has 0 saturated heterocycles. The first-order valence-corrected chi connectivity index (χ1v) is 5.47. The van der Waals surface area contributed by atoms with Crippen LogP contribution in [0.3, 0.4) is 0 Å². The first-order chi connectivity index (χ1) is 6.85. The van der Waals surface area contributed by atoms with Crippen LogP contribution in [0.1, 0.15) is 27.7 Å². The molecule has 4 heteroatoms. The highest BCUT2D eigenvalue weighted by atomic mass is 35.5. The fraction of sp³-hybridized carbons (Fsp3) is 0.636. The van der Waals surface area contributed by atoms with Crippen LogP contribution < -0.4 is 5.32 Å². The van der Waals surface area contributed by atoms with Gasteiger partial charge in [0.25, 0.3) is 0 Å². The van der Waals surface area contributed by atoms with Crippen molar-refractivity contribution in [3.63, 3.8) is 0 Å². The van der Waals surface area contributed by atoms with E-state index < -0.39 is 0 Å². The van der Waals surface area contributed by atoms with E-state index >= 15 is 0 Å². The summed E-state index contributed by atoms with van der Waals surface area (Å²) in [5.41, 5.74) is 0.592. The quantitative estimate of drug-likeness (QED) is 0.787. The predicted molar refractivity (Wildman–Crippen MR) is 62.0 cm³/mol. The van der Waals surface area contributed by atoms with Gasteiger partial charge in [0.05, 0.1) is 0 Å². The maximum atomic E-state index is 5.80. The first kappa shape index (κ1) is 10.7. The van der Waals surface area contributed by atoms with Crippen LogP contribution in [-0.2, 0) is 0 Å². The van der Waals surface area contributed by atoms with Gasteiger partial charge in [0.15, 0.2) is 0 Å². The Morgan fingerprint density at radius 2 is 1.80 bits per heavy atom. The van der Waals surface area contributed by atoms with Crippen molar-refractivity contribution in [3.8, 4) is 0 Å². The van der Waals surface area contributed by atoms with Gasteiger partial charge in [-0.3, -0.25) is 0 Å². The summed E-state index contributed by atoms with van der Waals surface area (Å²) in [6, 6.07) is 2.20. The molecule has 0 spiro atoms. The first-order valence-electron chi connectivity index (χ1n) is 5.10. The van der Waals surface area contributed by atoms with Crippen LogP contribution in [0.4, 0.5) is 5.82 Å². The van der Waals surface area contributed by atoms with Gasteiger partial charge in [-0.1, -0.05) is 39.3 Å². The molecule has 0 unspecified atom stereocenters. The van der Waals surface area contributed by atoms with E-state index in [2.05, 4.69) is 43.0 Å². The Morgan fingerprint density at radius 3 is 2.27 bits per heavy atom. The minimum atomic E-state index is 0.296. The predicted octanol–water partition coefficient (Wildman–Crippen LogP) is 2.98. The van der Waals surface area contributed by atoms with Gasteiger partial charge in [-0.05, 0) is 10.8 Å². The molecule has 0 amide bonds. The minimum absolute atomic E-state index is 0.296. The molecule has 1 aliphatic rings. The standard InChI is InChI=1S/C11H16ClN3/c1-10(2)9(11(10,3)4)15-8-5-7(12)13-6-14-8/h5-6,9H,1-4H3,(H,13,14,15). The van der Waals surface area contributed by atoms with E-state index in [0.29, 0.717) is 22.0 Å². The molecule has 0 aliphatic heterocycles. The zero-order chi connectivity index (χ0) is 11.3. The lowest BCUT2D eigenvalue weighted by Gasteiger charge is -2.06. The van der Waals surface area contributed by atoms with E-state index in [1.807, 2.05) is 0 Å². The molecule has 1 saturated carbocycles. The Labute approximate surface area is 95.3 Å². The van der Waals surface area contributed by atoms with Gasteiger partial charge in [0, 0.05) is 12.1 Å². The van der Waals surface area contributed by atoms with Crippen molar-refractivity contribution in [1.29, 1.82) is 0 Å². The normalized spacial score (nSPS) is 22.5. The highest BCUT2D eigenvalue weighted by Gasteiger charge is 2.65. The zero-order valence-corrected chi connectivity index (χ0v) is 10.3. The largest absolute Gasteiger partial charge is 0.366 e. The number of aromatic nitrogens is 2. The average Bonchev–Trinajstić information content (AvgIpc) is 2.48. The SMILES string of the molecule is CC1(C)C(Nc2cc(Cl)ncn2)C1(C)C. The summed E-state index contributed by atoms with van der Waals surface area (Å²) in [4.78, 5) is 8.00. The van der Waals surface area contributed by atoms with Crippen LogP contribution in [0.25, 0.3) is 0 Å². The van der Waals surface area contributed by atoms with Crippen molar-refractivity contribution in [2.45, 2.75) is 33.7 Å². The molecule has 1 aromatic heterocycles. The second-order valence-corrected chi connectivity index (χ2v) is 5.63. The maximum absolute atomic E-state index is 5.80. The molecule has 1 fully saturated rings. The van der Waals surface area contributed by atoms with Crippen molar-refractivity contribution in [1.82, 2.24) is 9.97 Å². The van der Waals surface area contributed by atoms with Crippen molar-refractivity contribution in [3.05, 3.63) is 17.5 Å². The van der Waals surface area contributed by atoms with Crippen LogP contribution >= 0.6 is 11.6 Å². The molecular formula is C11H16ClN3. The fourth-order valence-electron chi connectivity index (χ4n) is 2.12. The number of hydrogen-bond acceptors (Lipinski definition) is 3.